The zero-order valence-corrected chi connectivity index (χ0v) is 13.2. The van der Waals surface area contributed by atoms with Crippen LogP contribution < -0.4 is 5.32 Å². The van der Waals surface area contributed by atoms with Gasteiger partial charge in [-0.1, -0.05) is 37.3 Å². The van der Waals surface area contributed by atoms with Gasteiger partial charge in [-0.05, 0) is 6.92 Å². The summed E-state index contributed by atoms with van der Waals surface area (Å²) in [4.78, 5) is 12.0. The summed E-state index contributed by atoms with van der Waals surface area (Å²) in [6, 6.07) is 0. The predicted octanol–water partition coefficient (Wildman–Crippen LogP) is 0.867. The molecule has 0 aliphatic rings. The van der Waals surface area contributed by atoms with Crippen molar-refractivity contribution in [3.8, 4) is 0 Å². The number of hydrogen-bond donors (Lipinski definition) is 2. The first-order chi connectivity index (χ1) is 9.81. The molecule has 0 radical (unpaired) electrons. The average Bonchev–Trinajstić information content (AvgIpc) is 2.94. The number of aryl methyl sites for hydroxylation is 1. The van der Waals surface area contributed by atoms with E-state index in [-0.39, 0.29) is 24.5 Å². The number of hydrogen-bond acceptors (Lipinski definition) is 7. The Hall–Kier alpha value is -1.87. The highest BCUT2D eigenvalue weighted by Crippen LogP contribution is 2.24. The van der Waals surface area contributed by atoms with Gasteiger partial charge in [0.2, 0.25) is 11.0 Å². The summed E-state index contributed by atoms with van der Waals surface area (Å²) in [5, 5.41) is 28.8. The third-order valence-corrected chi connectivity index (χ3v) is 3.48. The van der Waals surface area contributed by atoms with E-state index in [1.165, 1.54) is 16.0 Å². The molecule has 2 N–H and O–H groups in total. The lowest BCUT2D eigenvalue weighted by atomic mass is 9.90. The molecule has 0 fully saturated rings. The Labute approximate surface area is 126 Å². The van der Waals surface area contributed by atoms with Gasteiger partial charge in [-0.3, -0.25) is 10.1 Å². The predicted molar refractivity (Wildman–Crippen MR) is 77.9 cm³/mol. The highest BCUT2D eigenvalue weighted by Gasteiger charge is 2.26. The summed E-state index contributed by atoms with van der Waals surface area (Å²) >= 11 is 1.31. The van der Waals surface area contributed by atoms with Gasteiger partial charge in [0, 0.05) is 5.41 Å². The average molecular weight is 310 g/mol. The van der Waals surface area contributed by atoms with Crippen LogP contribution >= 0.6 is 11.3 Å². The molecule has 2 aromatic rings. The normalized spacial score (nSPS) is 11.7. The molecule has 0 aliphatic heterocycles. The van der Waals surface area contributed by atoms with Gasteiger partial charge in [0.1, 0.15) is 17.2 Å². The van der Waals surface area contributed by atoms with Crippen molar-refractivity contribution in [1.82, 2.24) is 25.2 Å². The molecule has 8 nitrogen and oxygen atoms in total. The maximum Gasteiger partial charge on any atom is 0.248 e. The van der Waals surface area contributed by atoms with Crippen LogP contribution in [0.3, 0.4) is 0 Å². The summed E-state index contributed by atoms with van der Waals surface area (Å²) in [6.45, 7) is 7.56. The molecule has 0 saturated heterocycles. The highest BCUT2D eigenvalue weighted by atomic mass is 32.1. The van der Waals surface area contributed by atoms with Crippen LogP contribution in [0, 0.1) is 6.92 Å². The van der Waals surface area contributed by atoms with E-state index in [4.69, 9.17) is 0 Å². The second-order valence-corrected chi connectivity index (χ2v) is 6.81. The third-order valence-electron chi connectivity index (χ3n) is 2.73. The summed E-state index contributed by atoms with van der Waals surface area (Å²) < 4.78 is 1.51. The van der Waals surface area contributed by atoms with E-state index in [9.17, 15) is 9.90 Å². The number of nitrogens with zero attached hydrogens (tertiary/aromatic N) is 5. The van der Waals surface area contributed by atoms with E-state index in [1.807, 2.05) is 27.7 Å². The molecule has 9 heteroatoms. The summed E-state index contributed by atoms with van der Waals surface area (Å²) in [6.07, 6.45) is 0. The fraction of sp³-hybridized carbons (Fsp3) is 0.583. The van der Waals surface area contributed by atoms with Gasteiger partial charge in [0.05, 0.1) is 12.3 Å². The number of aliphatic hydroxyl groups is 1. The molecule has 0 saturated carbocycles. The minimum atomic E-state index is -0.277. The van der Waals surface area contributed by atoms with Crippen LogP contribution in [0.25, 0.3) is 0 Å². The molecule has 0 spiro atoms. The van der Waals surface area contributed by atoms with Crippen LogP contribution in [0.1, 0.15) is 37.2 Å². The van der Waals surface area contributed by atoms with E-state index in [2.05, 4.69) is 25.8 Å². The van der Waals surface area contributed by atoms with Crippen molar-refractivity contribution < 1.29 is 9.90 Å². The summed E-state index contributed by atoms with van der Waals surface area (Å²) in [5.41, 5.74) is 0.955. The Morgan fingerprint density at radius 3 is 2.57 bits per heavy atom. The monoisotopic (exact) mass is 310 g/mol. The summed E-state index contributed by atoms with van der Waals surface area (Å²) in [7, 11) is 0. The maximum atomic E-state index is 12.0. The van der Waals surface area contributed by atoms with Gasteiger partial charge in [0.15, 0.2) is 0 Å². The van der Waals surface area contributed by atoms with Crippen molar-refractivity contribution in [3.05, 3.63) is 16.4 Å². The molecule has 0 atom stereocenters. The lowest BCUT2D eigenvalue weighted by Gasteiger charge is -2.20. The lowest BCUT2D eigenvalue weighted by Crippen LogP contribution is -2.26. The maximum absolute atomic E-state index is 12.0. The standard InChI is InChI=1S/C12H18N6O2S/c1-7-14-16-11(21-7)13-9(20)5-18-10(12(2,3)4)8(6-19)15-17-18/h19H,5-6H2,1-4H3,(H,13,16,20). The quantitative estimate of drug-likeness (QED) is 0.868. The smallest absolute Gasteiger partial charge is 0.248 e. The number of anilines is 1. The van der Waals surface area contributed by atoms with Gasteiger partial charge in [0.25, 0.3) is 0 Å². The molecular formula is C12H18N6O2S. The Morgan fingerprint density at radius 2 is 2.05 bits per heavy atom. The van der Waals surface area contributed by atoms with Crippen molar-refractivity contribution in [2.24, 2.45) is 0 Å². The first-order valence-electron chi connectivity index (χ1n) is 6.45. The molecule has 0 unspecified atom stereocenters. The van der Waals surface area contributed by atoms with Crippen molar-refractivity contribution in [2.75, 3.05) is 5.32 Å². The number of aromatic nitrogens is 5. The Kier molecular flexibility index (Phi) is 4.33. The highest BCUT2D eigenvalue weighted by molar-refractivity contribution is 7.15. The number of carbonyl (C=O) groups is 1. The van der Waals surface area contributed by atoms with Crippen molar-refractivity contribution >= 4 is 22.4 Å². The largest absolute Gasteiger partial charge is 0.390 e. The van der Waals surface area contributed by atoms with E-state index in [0.29, 0.717) is 10.8 Å². The minimum Gasteiger partial charge on any atom is -0.390 e. The number of aliphatic hydroxyl groups excluding tert-OH is 1. The van der Waals surface area contributed by atoms with Crippen LogP contribution in [0.5, 0.6) is 0 Å². The lowest BCUT2D eigenvalue weighted by molar-refractivity contribution is -0.117. The molecule has 0 aliphatic carbocycles. The molecule has 2 heterocycles. The van der Waals surface area contributed by atoms with E-state index in [1.54, 1.807) is 0 Å². The molecule has 2 aromatic heterocycles. The van der Waals surface area contributed by atoms with Crippen molar-refractivity contribution in [3.63, 3.8) is 0 Å². The first-order valence-corrected chi connectivity index (χ1v) is 7.26. The van der Waals surface area contributed by atoms with Gasteiger partial charge in [-0.25, -0.2) is 4.68 Å². The second kappa shape index (κ2) is 5.86. The van der Waals surface area contributed by atoms with Crippen LogP contribution in [0.2, 0.25) is 0 Å². The van der Waals surface area contributed by atoms with E-state index >= 15 is 0 Å². The minimum absolute atomic E-state index is 0.0121. The van der Waals surface area contributed by atoms with Gasteiger partial charge in [-0.15, -0.1) is 15.3 Å². The van der Waals surface area contributed by atoms with Crippen molar-refractivity contribution in [2.45, 2.75) is 46.3 Å². The molecule has 0 aromatic carbocycles. The Bertz CT molecular complexity index is 642. The van der Waals surface area contributed by atoms with E-state index in [0.717, 1.165) is 10.7 Å². The number of carbonyl (C=O) groups excluding carboxylic acids is 1. The Balaban J connectivity index is 2.16. The van der Waals surface area contributed by atoms with Gasteiger partial charge >= 0.3 is 0 Å². The number of nitrogens with one attached hydrogen (secondary N) is 1. The second-order valence-electron chi connectivity index (χ2n) is 5.62. The fourth-order valence-electron chi connectivity index (χ4n) is 2.03. The molecule has 2 rings (SSSR count). The molecule has 0 bridgehead atoms. The Morgan fingerprint density at radius 1 is 1.33 bits per heavy atom. The first kappa shape index (κ1) is 15.5. The molecule has 114 valence electrons. The van der Waals surface area contributed by atoms with Crippen LogP contribution in [-0.2, 0) is 23.4 Å². The zero-order valence-electron chi connectivity index (χ0n) is 12.4. The SMILES string of the molecule is Cc1nnc(NC(=O)Cn2nnc(CO)c2C(C)(C)C)s1. The van der Waals surface area contributed by atoms with Crippen LogP contribution in [-0.4, -0.2) is 36.2 Å². The van der Waals surface area contributed by atoms with Crippen molar-refractivity contribution in [1.29, 1.82) is 0 Å². The zero-order chi connectivity index (χ0) is 15.6. The number of amides is 1. The molecule has 1 amide bonds. The van der Waals surface area contributed by atoms with Crippen LogP contribution in [0.15, 0.2) is 0 Å². The van der Waals surface area contributed by atoms with E-state index < -0.39 is 0 Å². The van der Waals surface area contributed by atoms with Gasteiger partial charge in [-0.2, -0.15) is 0 Å². The number of rotatable bonds is 4. The van der Waals surface area contributed by atoms with Gasteiger partial charge < -0.3 is 5.11 Å². The topological polar surface area (TPSA) is 106 Å². The molecular weight excluding hydrogens is 292 g/mol. The fourth-order valence-corrected chi connectivity index (χ4v) is 2.64. The third kappa shape index (κ3) is 3.61. The van der Waals surface area contributed by atoms with Crippen LogP contribution in [0.4, 0.5) is 5.13 Å². The summed E-state index contributed by atoms with van der Waals surface area (Å²) in [5.74, 6) is -0.258. The molecule has 21 heavy (non-hydrogen) atoms.